The first-order valence-corrected chi connectivity index (χ1v) is 8.46. The first-order chi connectivity index (χ1) is 13.1. The van der Waals surface area contributed by atoms with Gasteiger partial charge in [-0.05, 0) is 24.3 Å². The lowest BCUT2D eigenvalue weighted by molar-refractivity contribution is -0.114. The standard InChI is InChI=1S/C20H21N5O2/c1-14(26)24-16-7-5-8-17(10-16)25-20-11-19(22-13-23-20)21-12-15-6-3-4-9-18(15)27-2/h3-11,13H,12H2,1-2H3,(H,24,26)(H2,21,22,23,25). The molecule has 1 amide bonds. The Bertz CT molecular complexity index is 930. The number of anilines is 4. The van der Waals surface area contributed by atoms with Crippen LogP contribution < -0.4 is 20.7 Å². The van der Waals surface area contributed by atoms with Crippen molar-refractivity contribution in [2.75, 3.05) is 23.1 Å². The molecule has 7 heteroatoms. The molecule has 0 saturated heterocycles. The molecule has 3 aromatic rings. The molecule has 0 fully saturated rings. The van der Waals surface area contributed by atoms with Crippen molar-refractivity contribution in [1.29, 1.82) is 0 Å². The smallest absolute Gasteiger partial charge is 0.221 e. The van der Waals surface area contributed by atoms with Crippen molar-refractivity contribution in [3.05, 3.63) is 66.5 Å². The second-order valence-electron chi connectivity index (χ2n) is 5.84. The van der Waals surface area contributed by atoms with Gasteiger partial charge in [0, 0.05) is 36.5 Å². The minimum Gasteiger partial charge on any atom is -0.496 e. The average Bonchev–Trinajstić information content (AvgIpc) is 2.66. The topological polar surface area (TPSA) is 88.2 Å². The van der Waals surface area contributed by atoms with E-state index in [1.165, 1.54) is 13.3 Å². The lowest BCUT2D eigenvalue weighted by Gasteiger charge is -2.11. The van der Waals surface area contributed by atoms with E-state index in [1.807, 2.05) is 54.6 Å². The summed E-state index contributed by atoms with van der Waals surface area (Å²) in [5.74, 6) is 2.05. The van der Waals surface area contributed by atoms with Crippen molar-refractivity contribution in [3.8, 4) is 5.75 Å². The van der Waals surface area contributed by atoms with Gasteiger partial charge in [0.05, 0.1) is 7.11 Å². The highest BCUT2D eigenvalue weighted by atomic mass is 16.5. The summed E-state index contributed by atoms with van der Waals surface area (Å²) in [5, 5.41) is 9.24. The molecule has 1 heterocycles. The van der Waals surface area contributed by atoms with Gasteiger partial charge in [0.15, 0.2) is 0 Å². The van der Waals surface area contributed by atoms with Gasteiger partial charge in [-0.2, -0.15) is 0 Å². The Labute approximate surface area is 157 Å². The van der Waals surface area contributed by atoms with Crippen LogP contribution in [0.1, 0.15) is 12.5 Å². The number of nitrogens with one attached hydrogen (secondary N) is 3. The molecule has 1 aromatic heterocycles. The molecule has 138 valence electrons. The number of ether oxygens (including phenoxy) is 1. The van der Waals surface area contributed by atoms with Crippen molar-refractivity contribution in [2.45, 2.75) is 13.5 Å². The van der Waals surface area contributed by atoms with Crippen molar-refractivity contribution >= 4 is 28.9 Å². The van der Waals surface area contributed by atoms with Crippen LogP contribution in [0.25, 0.3) is 0 Å². The summed E-state index contributed by atoms with van der Waals surface area (Å²) in [6.45, 7) is 2.06. The minimum absolute atomic E-state index is 0.114. The molecule has 0 spiro atoms. The summed E-state index contributed by atoms with van der Waals surface area (Å²) in [4.78, 5) is 19.7. The van der Waals surface area contributed by atoms with Crippen LogP contribution in [0.4, 0.5) is 23.0 Å². The largest absolute Gasteiger partial charge is 0.496 e. The lowest BCUT2D eigenvalue weighted by atomic mass is 10.2. The van der Waals surface area contributed by atoms with Crippen LogP contribution in [0, 0.1) is 0 Å². The normalized spacial score (nSPS) is 10.1. The number of benzene rings is 2. The van der Waals surface area contributed by atoms with Gasteiger partial charge in [-0.1, -0.05) is 24.3 Å². The first kappa shape index (κ1) is 18.2. The van der Waals surface area contributed by atoms with E-state index in [4.69, 9.17) is 4.74 Å². The molecular weight excluding hydrogens is 342 g/mol. The van der Waals surface area contributed by atoms with Crippen molar-refractivity contribution in [1.82, 2.24) is 9.97 Å². The zero-order chi connectivity index (χ0) is 19.1. The fourth-order valence-corrected chi connectivity index (χ4v) is 2.58. The van der Waals surface area contributed by atoms with Crippen molar-refractivity contribution < 1.29 is 9.53 Å². The van der Waals surface area contributed by atoms with Crippen LogP contribution in [0.3, 0.4) is 0 Å². The molecule has 3 rings (SSSR count). The number of para-hydroxylation sites is 1. The van der Waals surface area contributed by atoms with Gasteiger partial charge < -0.3 is 20.7 Å². The molecule has 0 atom stereocenters. The highest BCUT2D eigenvalue weighted by Crippen LogP contribution is 2.21. The molecule has 27 heavy (non-hydrogen) atoms. The first-order valence-electron chi connectivity index (χ1n) is 8.46. The Hall–Kier alpha value is -3.61. The predicted octanol–water partition coefficient (Wildman–Crippen LogP) is 3.80. The van der Waals surface area contributed by atoms with Gasteiger partial charge in [0.25, 0.3) is 0 Å². The van der Waals surface area contributed by atoms with E-state index in [9.17, 15) is 4.79 Å². The molecule has 0 aliphatic rings. The summed E-state index contributed by atoms with van der Waals surface area (Å²) in [6, 6.07) is 17.1. The second kappa shape index (κ2) is 8.66. The number of amides is 1. The Balaban J connectivity index is 1.68. The lowest BCUT2D eigenvalue weighted by Crippen LogP contribution is -2.06. The van der Waals surface area contributed by atoms with Gasteiger partial charge >= 0.3 is 0 Å². The quantitative estimate of drug-likeness (QED) is 0.592. The number of carbonyl (C=O) groups excluding carboxylic acids is 1. The average molecular weight is 363 g/mol. The minimum atomic E-state index is -0.114. The Morgan fingerprint density at radius 2 is 1.78 bits per heavy atom. The van der Waals surface area contributed by atoms with Crippen LogP contribution in [0.2, 0.25) is 0 Å². The number of carbonyl (C=O) groups is 1. The monoisotopic (exact) mass is 363 g/mol. The van der Waals surface area contributed by atoms with E-state index >= 15 is 0 Å². The van der Waals surface area contributed by atoms with Gasteiger partial charge in [-0.3, -0.25) is 4.79 Å². The predicted molar refractivity (Wildman–Crippen MR) is 106 cm³/mol. The molecule has 0 aliphatic heterocycles. The van der Waals surface area contributed by atoms with E-state index in [0.29, 0.717) is 18.2 Å². The van der Waals surface area contributed by atoms with Gasteiger partial charge in [-0.15, -0.1) is 0 Å². The third kappa shape index (κ3) is 5.18. The third-order valence-electron chi connectivity index (χ3n) is 3.77. The Morgan fingerprint density at radius 1 is 1.00 bits per heavy atom. The molecule has 0 radical (unpaired) electrons. The van der Waals surface area contributed by atoms with Gasteiger partial charge in [-0.25, -0.2) is 9.97 Å². The number of methoxy groups -OCH3 is 1. The van der Waals surface area contributed by atoms with Crippen molar-refractivity contribution in [2.24, 2.45) is 0 Å². The van der Waals surface area contributed by atoms with E-state index in [-0.39, 0.29) is 5.91 Å². The number of aromatic nitrogens is 2. The molecular formula is C20H21N5O2. The number of nitrogens with zero attached hydrogens (tertiary/aromatic N) is 2. The van der Waals surface area contributed by atoms with Gasteiger partial charge in [0.1, 0.15) is 23.7 Å². The highest BCUT2D eigenvalue weighted by molar-refractivity contribution is 5.89. The van der Waals surface area contributed by atoms with Crippen LogP contribution in [-0.4, -0.2) is 23.0 Å². The van der Waals surface area contributed by atoms with Crippen molar-refractivity contribution in [3.63, 3.8) is 0 Å². The van der Waals surface area contributed by atoms with Crippen LogP contribution in [0.5, 0.6) is 5.75 Å². The van der Waals surface area contributed by atoms with E-state index in [0.717, 1.165) is 22.7 Å². The highest BCUT2D eigenvalue weighted by Gasteiger charge is 2.04. The Morgan fingerprint density at radius 3 is 2.59 bits per heavy atom. The van der Waals surface area contributed by atoms with E-state index < -0.39 is 0 Å². The number of hydrogen-bond acceptors (Lipinski definition) is 6. The molecule has 0 bridgehead atoms. The molecule has 3 N–H and O–H groups in total. The summed E-state index contributed by atoms with van der Waals surface area (Å²) < 4.78 is 5.36. The summed E-state index contributed by atoms with van der Waals surface area (Å²) in [6.07, 6.45) is 1.49. The summed E-state index contributed by atoms with van der Waals surface area (Å²) in [7, 11) is 1.65. The zero-order valence-electron chi connectivity index (χ0n) is 15.2. The molecule has 2 aromatic carbocycles. The maximum atomic E-state index is 11.2. The molecule has 7 nitrogen and oxygen atoms in total. The van der Waals surface area contributed by atoms with E-state index in [2.05, 4.69) is 25.9 Å². The number of rotatable bonds is 7. The van der Waals surface area contributed by atoms with Crippen LogP contribution in [0.15, 0.2) is 60.9 Å². The summed E-state index contributed by atoms with van der Waals surface area (Å²) >= 11 is 0. The zero-order valence-corrected chi connectivity index (χ0v) is 15.2. The van der Waals surface area contributed by atoms with Crippen LogP contribution in [-0.2, 0) is 11.3 Å². The van der Waals surface area contributed by atoms with Gasteiger partial charge in [0.2, 0.25) is 5.91 Å². The summed E-state index contributed by atoms with van der Waals surface area (Å²) in [5.41, 5.74) is 2.57. The SMILES string of the molecule is COc1ccccc1CNc1cc(Nc2cccc(NC(C)=O)c2)ncn1. The fraction of sp³-hybridized carbons (Fsp3) is 0.150. The van der Waals surface area contributed by atoms with Crippen LogP contribution >= 0.6 is 0 Å². The number of hydrogen-bond donors (Lipinski definition) is 3. The van der Waals surface area contributed by atoms with E-state index in [1.54, 1.807) is 7.11 Å². The third-order valence-corrected chi connectivity index (χ3v) is 3.77. The second-order valence-corrected chi connectivity index (χ2v) is 5.84. The molecule has 0 saturated carbocycles. The fourth-order valence-electron chi connectivity index (χ4n) is 2.58. The molecule has 0 unspecified atom stereocenters. The maximum absolute atomic E-state index is 11.2. The maximum Gasteiger partial charge on any atom is 0.221 e. The molecule has 0 aliphatic carbocycles. The Kier molecular flexibility index (Phi) is 5.84.